The van der Waals surface area contributed by atoms with Crippen LogP contribution in [-0.4, -0.2) is 87.1 Å². The van der Waals surface area contributed by atoms with Crippen molar-refractivity contribution in [2.24, 2.45) is 10.9 Å². The number of nitrogens with one attached hydrogen (secondary N) is 1. The second-order valence-electron chi connectivity index (χ2n) is 7.94. The van der Waals surface area contributed by atoms with Crippen LogP contribution in [0.1, 0.15) is 26.2 Å². The summed E-state index contributed by atoms with van der Waals surface area (Å²) in [5, 5.41) is 3.31. The average molecular weight is 557 g/mol. The van der Waals surface area contributed by atoms with Crippen LogP contribution in [0.5, 0.6) is 0 Å². The molecule has 8 nitrogen and oxygen atoms in total. The number of hydrogen-bond donors (Lipinski definition) is 1. The van der Waals surface area contributed by atoms with Gasteiger partial charge >= 0.3 is 5.97 Å². The normalized spacial score (nSPS) is 17.6. The Morgan fingerprint density at radius 3 is 2.28 bits per heavy atom. The molecule has 0 aromatic heterocycles. The zero-order valence-corrected chi connectivity index (χ0v) is 21.5. The van der Waals surface area contributed by atoms with Gasteiger partial charge in [0.05, 0.1) is 12.5 Å². The summed E-state index contributed by atoms with van der Waals surface area (Å²) in [6.07, 6.45) is 1.98. The van der Waals surface area contributed by atoms with E-state index in [4.69, 9.17) is 4.74 Å². The van der Waals surface area contributed by atoms with E-state index in [1.54, 1.807) is 7.05 Å². The van der Waals surface area contributed by atoms with Gasteiger partial charge in [-0.3, -0.25) is 14.6 Å². The molecular weight excluding hydrogens is 521 g/mol. The number of guanidine groups is 1. The van der Waals surface area contributed by atoms with E-state index in [2.05, 4.69) is 32.2 Å². The predicted octanol–water partition coefficient (Wildman–Crippen LogP) is 2.19. The lowest BCUT2D eigenvalue weighted by Crippen LogP contribution is -2.50. The summed E-state index contributed by atoms with van der Waals surface area (Å²) in [6, 6.07) is 10.3. The highest BCUT2D eigenvalue weighted by atomic mass is 127. The van der Waals surface area contributed by atoms with Gasteiger partial charge in [-0.05, 0) is 31.9 Å². The number of aliphatic imine (C=N–C) groups is 1. The van der Waals surface area contributed by atoms with Gasteiger partial charge in [-0.2, -0.15) is 0 Å². The number of nitrogens with zero attached hydrogens (tertiary/aromatic N) is 4. The van der Waals surface area contributed by atoms with Gasteiger partial charge in [0.1, 0.15) is 0 Å². The molecular formula is C23H36IN5O3. The summed E-state index contributed by atoms with van der Waals surface area (Å²) < 4.78 is 5.14. The third kappa shape index (κ3) is 7.25. The van der Waals surface area contributed by atoms with Crippen molar-refractivity contribution in [2.75, 3.05) is 64.4 Å². The Balaban J connectivity index is 0.00000363. The van der Waals surface area contributed by atoms with Crippen LogP contribution in [0.25, 0.3) is 0 Å². The highest BCUT2D eigenvalue weighted by Gasteiger charge is 2.27. The minimum absolute atomic E-state index is 0. The Hall–Kier alpha value is -2.04. The molecule has 2 saturated heterocycles. The average Bonchev–Trinajstić information content (AvgIpc) is 2.83. The van der Waals surface area contributed by atoms with Crippen molar-refractivity contribution >= 4 is 47.5 Å². The van der Waals surface area contributed by atoms with Gasteiger partial charge in [0, 0.05) is 65.0 Å². The number of halogens is 1. The maximum absolute atomic E-state index is 12.6. The van der Waals surface area contributed by atoms with Crippen LogP contribution in [0.4, 0.5) is 5.69 Å². The number of esters is 1. The number of piperazine rings is 1. The summed E-state index contributed by atoms with van der Waals surface area (Å²) in [5.74, 6) is 0.856. The quantitative estimate of drug-likeness (QED) is 0.250. The van der Waals surface area contributed by atoms with Crippen molar-refractivity contribution in [1.29, 1.82) is 0 Å². The number of amides is 1. The maximum atomic E-state index is 12.6. The molecule has 1 aromatic carbocycles. The van der Waals surface area contributed by atoms with E-state index >= 15 is 0 Å². The molecule has 1 aromatic rings. The number of likely N-dealkylation sites (tertiary alicyclic amines) is 1. The Morgan fingerprint density at radius 1 is 1.03 bits per heavy atom. The molecule has 0 bridgehead atoms. The summed E-state index contributed by atoms with van der Waals surface area (Å²) in [5.41, 5.74) is 1.21. The summed E-state index contributed by atoms with van der Waals surface area (Å²) in [4.78, 5) is 35.3. The Labute approximate surface area is 208 Å². The summed E-state index contributed by atoms with van der Waals surface area (Å²) >= 11 is 0. The highest BCUT2D eigenvalue weighted by Crippen LogP contribution is 2.19. The number of piperidine rings is 1. The fourth-order valence-corrected chi connectivity index (χ4v) is 4.21. The zero-order valence-electron chi connectivity index (χ0n) is 19.2. The molecule has 2 fully saturated rings. The van der Waals surface area contributed by atoms with Gasteiger partial charge in [0.15, 0.2) is 5.96 Å². The van der Waals surface area contributed by atoms with Crippen molar-refractivity contribution in [1.82, 2.24) is 15.1 Å². The number of ether oxygens (including phenoxy) is 1. The molecule has 0 atom stereocenters. The Bertz CT molecular complexity index is 745. The molecule has 178 valence electrons. The van der Waals surface area contributed by atoms with Crippen LogP contribution < -0.4 is 10.2 Å². The van der Waals surface area contributed by atoms with Crippen LogP contribution in [0.15, 0.2) is 35.3 Å². The van der Waals surface area contributed by atoms with E-state index in [9.17, 15) is 9.59 Å². The molecule has 3 rings (SSSR count). The van der Waals surface area contributed by atoms with Crippen LogP contribution in [0.3, 0.4) is 0 Å². The van der Waals surface area contributed by atoms with Crippen LogP contribution in [0.2, 0.25) is 0 Å². The number of benzene rings is 1. The fourth-order valence-electron chi connectivity index (χ4n) is 4.21. The second-order valence-corrected chi connectivity index (χ2v) is 7.94. The Kier molecular flexibility index (Phi) is 11.1. The van der Waals surface area contributed by atoms with Crippen LogP contribution >= 0.6 is 24.0 Å². The number of hydrogen-bond acceptors (Lipinski definition) is 5. The zero-order chi connectivity index (χ0) is 22.1. The molecule has 9 heteroatoms. The SMILES string of the molecule is CCOC(=O)C1CCN(C(=NC)NCCC(=O)N2CCN(c3ccccc3)CC2)CC1.I. The number of rotatable bonds is 6. The first-order valence-corrected chi connectivity index (χ1v) is 11.3. The van der Waals surface area contributed by atoms with E-state index in [0.29, 0.717) is 19.6 Å². The third-order valence-corrected chi connectivity index (χ3v) is 6.00. The monoisotopic (exact) mass is 557 g/mol. The number of para-hydroxylation sites is 1. The van der Waals surface area contributed by atoms with E-state index < -0.39 is 0 Å². The fraction of sp³-hybridized carbons (Fsp3) is 0.609. The second kappa shape index (κ2) is 13.5. The topological polar surface area (TPSA) is 77.5 Å². The Morgan fingerprint density at radius 2 is 1.69 bits per heavy atom. The van der Waals surface area contributed by atoms with E-state index in [1.807, 2.05) is 30.0 Å². The van der Waals surface area contributed by atoms with Gasteiger partial charge in [-0.1, -0.05) is 18.2 Å². The van der Waals surface area contributed by atoms with Crippen molar-refractivity contribution in [3.05, 3.63) is 30.3 Å². The lowest BCUT2D eigenvalue weighted by Gasteiger charge is -2.36. The molecule has 0 radical (unpaired) electrons. The van der Waals surface area contributed by atoms with E-state index in [0.717, 1.165) is 58.1 Å². The maximum Gasteiger partial charge on any atom is 0.309 e. The molecule has 0 saturated carbocycles. The first kappa shape index (κ1) is 26.2. The molecule has 0 unspecified atom stereocenters. The van der Waals surface area contributed by atoms with Gasteiger partial charge < -0.3 is 24.8 Å². The summed E-state index contributed by atoms with van der Waals surface area (Å²) in [6.45, 7) is 7.58. The van der Waals surface area contributed by atoms with Gasteiger partial charge in [0.2, 0.25) is 5.91 Å². The minimum atomic E-state index is -0.0944. The van der Waals surface area contributed by atoms with E-state index in [1.165, 1.54) is 5.69 Å². The molecule has 1 N–H and O–H groups in total. The van der Waals surface area contributed by atoms with Gasteiger partial charge in [-0.15, -0.1) is 24.0 Å². The lowest BCUT2D eigenvalue weighted by molar-refractivity contribution is -0.149. The molecule has 0 spiro atoms. The highest BCUT2D eigenvalue weighted by molar-refractivity contribution is 14.0. The van der Waals surface area contributed by atoms with Crippen LogP contribution in [-0.2, 0) is 14.3 Å². The van der Waals surface area contributed by atoms with Gasteiger partial charge in [0.25, 0.3) is 0 Å². The van der Waals surface area contributed by atoms with E-state index in [-0.39, 0.29) is 41.8 Å². The molecule has 32 heavy (non-hydrogen) atoms. The molecule has 0 aliphatic carbocycles. The van der Waals surface area contributed by atoms with Crippen LogP contribution in [0, 0.1) is 5.92 Å². The third-order valence-electron chi connectivity index (χ3n) is 6.00. The smallest absolute Gasteiger partial charge is 0.309 e. The largest absolute Gasteiger partial charge is 0.466 e. The molecule has 2 aliphatic rings. The van der Waals surface area contributed by atoms with Gasteiger partial charge in [-0.25, -0.2) is 0 Å². The predicted molar refractivity (Wildman–Crippen MR) is 138 cm³/mol. The lowest BCUT2D eigenvalue weighted by atomic mass is 9.97. The van der Waals surface area contributed by atoms with Crippen molar-refractivity contribution in [3.8, 4) is 0 Å². The number of anilines is 1. The number of carbonyl (C=O) groups is 2. The first-order valence-electron chi connectivity index (χ1n) is 11.3. The summed E-state index contributed by atoms with van der Waals surface area (Å²) in [7, 11) is 1.75. The minimum Gasteiger partial charge on any atom is -0.466 e. The first-order chi connectivity index (χ1) is 15.1. The van der Waals surface area contributed by atoms with Crippen molar-refractivity contribution in [2.45, 2.75) is 26.2 Å². The molecule has 1 amide bonds. The molecule has 2 heterocycles. The van der Waals surface area contributed by atoms with Crippen molar-refractivity contribution < 1.29 is 14.3 Å². The standard InChI is InChI=1S/C23H35N5O3.HI/c1-3-31-22(30)19-10-13-28(14-11-19)23(24-2)25-12-9-21(29)27-17-15-26(16-18-27)20-7-5-4-6-8-20;/h4-8,19H,3,9-18H2,1-2H3,(H,24,25);1H. The van der Waals surface area contributed by atoms with Crippen molar-refractivity contribution in [3.63, 3.8) is 0 Å². The number of carbonyl (C=O) groups excluding carboxylic acids is 2. The molecule has 2 aliphatic heterocycles.